The van der Waals surface area contributed by atoms with Crippen LogP contribution in [0, 0.1) is 0 Å². The molecule has 1 atom stereocenters. The summed E-state index contributed by atoms with van der Waals surface area (Å²) in [6.07, 6.45) is -0.306. The molecule has 1 fully saturated rings. The maximum atomic E-state index is 12.2. The van der Waals surface area contributed by atoms with Gasteiger partial charge in [-0.05, 0) is 26.8 Å². The highest BCUT2D eigenvalue weighted by atomic mass is 16.6. The third-order valence-corrected chi connectivity index (χ3v) is 3.71. The number of nitrogens with one attached hydrogen (secondary N) is 1. The molecule has 120 valence electrons. The van der Waals surface area contributed by atoms with Gasteiger partial charge in [0.2, 0.25) is 5.56 Å². The molecule has 1 N–H and O–H groups in total. The molecule has 0 spiro atoms. The summed E-state index contributed by atoms with van der Waals surface area (Å²) in [5, 5.41) is 0. The Balaban J connectivity index is 1.74. The second-order valence-electron chi connectivity index (χ2n) is 6.62. The zero-order valence-electron chi connectivity index (χ0n) is 13.1. The third kappa shape index (κ3) is 2.88. The van der Waals surface area contributed by atoms with E-state index in [-0.39, 0.29) is 17.7 Å². The smallest absolute Gasteiger partial charge is 0.410 e. The Kier molecular flexibility index (Phi) is 3.50. The molecule has 2 aliphatic heterocycles. The summed E-state index contributed by atoms with van der Waals surface area (Å²) in [5.74, 6) is 1.38. The van der Waals surface area contributed by atoms with Crippen molar-refractivity contribution in [2.45, 2.75) is 32.4 Å². The number of rotatable bonds is 0. The van der Waals surface area contributed by atoms with E-state index in [2.05, 4.69) is 9.88 Å². The van der Waals surface area contributed by atoms with E-state index < -0.39 is 5.60 Å². The number of hydrogen-bond donors (Lipinski definition) is 1. The number of ether oxygens (including phenoxy) is 2. The largest absolute Gasteiger partial charge is 0.488 e. The maximum absolute atomic E-state index is 12.2. The lowest BCUT2D eigenvalue weighted by Crippen LogP contribution is -2.59. The Morgan fingerprint density at radius 3 is 2.86 bits per heavy atom. The van der Waals surface area contributed by atoms with Crippen LogP contribution in [0.1, 0.15) is 20.8 Å². The van der Waals surface area contributed by atoms with Crippen LogP contribution in [0.3, 0.4) is 0 Å². The minimum absolute atomic E-state index is 0.0202. The number of anilines is 1. The fourth-order valence-electron chi connectivity index (χ4n) is 2.75. The molecule has 1 amide bonds. The van der Waals surface area contributed by atoms with Crippen LogP contribution in [-0.2, 0) is 4.74 Å². The van der Waals surface area contributed by atoms with Gasteiger partial charge in [-0.3, -0.25) is 4.79 Å². The number of carbonyl (C=O) groups is 1. The van der Waals surface area contributed by atoms with Gasteiger partial charge in [-0.15, -0.1) is 0 Å². The van der Waals surface area contributed by atoms with E-state index in [9.17, 15) is 9.59 Å². The number of pyridine rings is 1. The molecule has 7 heteroatoms. The van der Waals surface area contributed by atoms with Crippen LogP contribution in [0.4, 0.5) is 10.6 Å². The first kappa shape index (κ1) is 14.7. The van der Waals surface area contributed by atoms with E-state index in [0.29, 0.717) is 37.8 Å². The Hall–Kier alpha value is -2.18. The normalized spacial score (nSPS) is 20.8. The molecule has 0 aromatic carbocycles. The first-order valence-corrected chi connectivity index (χ1v) is 7.44. The number of hydrogen-bond acceptors (Lipinski definition) is 5. The minimum atomic E-state index is -0.505. The molecule has 3 heterocycles. The van der Waals surface area contributed by atoms with Gasteiger partial charge in [-0.1, -0.05) is 0 Å². The van der Waals surface area contributed by atoms with Gasteiger partial charge < -0.3 is 24.3 Å². The highest BCUT2D eigenvalue weighted by Crippen LogP contribution is 2.32. The lowest BCUT2D eigenvalue weighted by molar-refractivity contribution is 0.0194. The van der Waals surface area contributed by atoms with Crippen LogP contribution in [-0.4, -0.2) is 53.9 Å². The van der Waals surface area contributed by atoms with Crippen molar-refractivity contribution in [2.75, 3.05) is 31.1 Å². The van der Waals surface area contributed by atoms with Crippen molar-refractivity contribution in [3.63, 3.8) is 0 Å². The second-order valence-corrected chi connectivity index (χ2v) is 6.62. The van der Waals surface area contributed by atoms with Crippen LogP contribution >= 0.6 is 0 Å². The van der Waals surface area contributed by atoms with Crippen molar-refractivity contribution in [3.8, 4) is 5.75 Å². The van der Waals surface area contributed by atoms with E-state index >= 15 is 0 Å². The summed E-state index contributed by atoms with van der Waals surface area (Å²) in [6, 6.07) is 3.16. The Labute approximate surface area is 128 Å². The second kappa shape index (κ2) is 5.23. The molecular formula is C15H21N3O4. The SMILES string of the molecule is CC(C)(C)OC(=O)N1CCN2c3[nH]c(=O)ccc3OCC2C1. The highest BCUT2D eigenvalue weighted by molar-refractivity contribution is 5.69. The van der Waals surface area contributed by atoms with Crippen molar-refractivity contribution in [1.29, 1.82) is 0 Å². The quantitative estimate of drug-likeness (QED) is 0.779. The number of aromatic nitrogens is 1. The van der Waals surface area contributed by atoms with Crippen molar-refractivity contribution >= 4 is 11.9 Å². The van der Waals surface area contributed by atoms with E-state index in [1.165, 1.54) is 6.07 Å². The Morgan fingerprint density at radius 2 is 2.14 bits per heavy atom. The molecule has 0 radical (unpaired) electrons. The van der Waals surface area contributed by atoms with Crippen molar-refractivity contribution in [1.82, 2.24) is 9.88 Å². The summed E-state index contributed by atoms with van der Waals surface area (Å²) in [5.41, 5.74) is -0.660. The molecule has 0 bridgehead atoms. The van der Waals surface area contributed by atoms with Gasteiger partial charge in [-0.25, -0.2) is 4.79 Å². The topological polar surface area (TPSA) is 74.9 Å². The molecule has 0 saturated carbocycles. The molecule has 1 aromatic heterocycles. The number of aromatic amines is 1. The van der Waals surface area contributed by atoms with Crippen LogP contribution in [0.25, 0.3) is 0 Å². The molecule has 0 aliphatic carbocycles. The zero-order chi connectivity index (χ0) is 15.9. The fraction of sp³-hybridized carbons (Fsp3) is 0.600. The van der Waals surface area contributed by atoms with Crippen molar-refractivity contribution in [3.05, 3.63) is 22.5 Å². The number of amides is 1. The predicted octanol–water partition coefficient (Wildman–Crippen LogP) is 1.19. The van der Waals surface area contributed by atoms with Gasteiger partial charge in [-0.2, -0.15) is 0 Å². The van der Waals surface area contributed by atoms with E-state index in [4.69, 9.17) is 9.47 Å². The molecule has 2 aliphatic rings. The monoisotopic (exact) mass is 307 g/mol. The number of nitrogens with zero attached hydrogens (tertiary/aromatic N) is 2. The van der Waals surface area contributed by atoms with Crippen molar-refractivity contribution < 1.29 is 14.3 Å². The van der Waals surface area contributed by atoms with Gasteiger partial charge in [0.05, 0.1) is 6.04 Å². The van der Waals surface area contributed by atoms with Crippen LogP contribution in [0.15, 0.2) is 16.9 Å². The molecular weight excluding hydrogens is 286 g/mol. The van der Waals surface area contributed by atoms with Gasteiger partial charge >= 0.3 is 6.09 Å². The lowest BCUT2D eigenvalue weighted by Gasteiger charge is -2.44. The summed E-state index contributed by atoms with van der Waals surface area (Å²) in [4.78, 5) is 30.3. The lowest BCUT2D eigenvalue weighted by atomic mass is 10.1. The first-order valence-electron chi connectivity index (χ1n) is 7.44. The van der Waals surface area contributed by atoms with Crippen LogP contribution in [0.5, 0.6) is 5.75 Å². The van der Waals surface area contributed by atoms with Gasteiger partial charge in [0, 0.05) is 25.7 Å². The average Bonchev–Trinajstić information content (AvgIpc) is 2.44. The number of H-pyrrole nitrogens is 1. The minimum Gasteiger partial charge on any atom is -0.488 e. The highest BCUT2D eigenvalue weighted by Gasteiger charge is 2.36. The van der Waals surface area contributed by atoms with Crippen LogP contribution in [0.2, 0.25) is 0 Å². The predicted molar refractivity (Wildman–Crippen MR) is 81.5 cm³/mol. The average molecular weight is 307 g/mol. The van der Waals surface area contributed by atoms with E-state index in [1.54, 1.807) is 11.0 Å². The molecule has 1 aromatic rings. The molecule has 1 saturated heterocycles. The number of piperazine rings is 1. The summed E-state index contributed by atoms with van der Waals surface area (Å²) < 4.78 is 11.1. The first-order chi connectivity index (χ1) is 10.3. The third-order valence-electron chi connectivity index (χ3n) is 3.71. The van der Waals surface area contributed by atoms with Gasteiger partial charge in [0.15, 0.2) is 11.6 Å². The molecule has 3 rings (SSSR count). The summed E-state index contributed by atoms with van der Waals surface area (Å²) >= 11 is 0. The van der Waals surface area contributed by atoms with E-state index in [1.807, 2.05) is 20.8 Å². The Morgan fingerprint density at radius 1 is 1.36 bits per heavy atom. The maximum Gasteiger partial charge on any atom is 0.410 e. The zero-order valence-corrected chi connectivity index (χ0v) is 13.1. The summed E-state index contributed by atoms with van der Waals surface area (Å²) in [7, 11) is 0. The van der Waals surface area contributed by atoms with E-state index in [0.717, 1.165) is 0 Å². The summed E-state index contributed by atoms with van der Waals surface area (Å²) in [6.45, 7) is 7.76. The van der Waals surface area contributed by atoms with Crippen LogP contribution < -0.4 is 15.2 Å². The van der Waals surface area contributed by atoms with Gasteiger partial charge in [0.1, 0.15) is 12.2 Å². The standard InChI is InChI=1S/C15H21N3O4/c1-15(2,3)22-14(20)17-6-7-18-10(8-17)9-21-11-4-5-12(19)16-13(11)18/h4-5,10H,6-9H2,1-3H3,(H,16,19). The van der Waals surface area contributed by atoms with Crippen molar-refractivity contribution in [2.24, 2.45) is 0 Å². The number of carbonyl (C=O) groups excluding carboxylic acids is 1. The molecule has 1 unspecified atom stereocenters. The molecule has 22 heavy (non-hydrogen) atoms. The Bertz CT molecular complexity index is 634. The number of fused-ring (bicyclic) bond motifs is 3. The van der Waals surface area contributed by atoms with Gasteiger partial charge in [0.25, 0.3) is 0 Å². The molecule has 7 nitrogen and oxygen atoms in total. The fourth-order valence-corrected chi connectivity index (χ4v) is 2.75.